The second-order valence-corrected chi connectivity index (χ2v) is 10.6. The second kappa shape index (κ2) is 11.2. The molecule has 0 aromatic heterocycles. The van der Waals surface area contributed by atoms with E-state index in [0.29, 0.717) is 0 Å². The van der Waals surface area contributed by atoms with Crippen molar-refractivity contribution in [3.05, 3.63) is 0 Å². The first-order valence-electron chi connectivity index (χ1n) is 9.05. The number of carbonyl (C=O) groups is 4. The molecule has 1 fully saturated rings. The first kappa shape index (κ1) is 30.0. The first-order valence-corrected chi connectivity index (χ1v) is 12.2. The summed E-state index contributed by atoms with van der Waals surface area (Å²) in [7, 11) is -13.2. The number of ether oxygens (including phenoxy) is 5. The molecule has 0 bridgehead atoms. The molecule has 1 saturated heterocycles. The summed E-state index contributed by atoms with van der Waals surface area (Å²) in [4.78, 5) is 73.2. The standard InChI is InChI=1S/C15H22F2O15P2/c1-6(18)27-5-10-11(28-7(2)19)12(29-8(3)20)13(30-9(4)21)14(31-10)32-34(25,26)15(16,17)33(22,23)24/h10-14H,5H2,1-4H3,(H,25,26)(H2,22,23,24)/t10-,11-,12+,13-,14?/m1/s1. The van der Waals surface area contributed by atoms with Crippen LogP contribution >= 0.6 is 15.2 Å². The minimum atomic E-state index is -6.61. The van der Waals surface area contributed by atoms with Crippen LogP contribution in [0.15, 0.2) is 0 Å². The molecule has 1 aliphatic heterocycles. The van der Waals surface area contributed by atoms with E-state index in [1.165, 1.54) is 0 Å². The van der Waals surface area contributed by atoms with E-state index in [2.05, 4.69) is 4.52 Å². The third kappa shape index (κ3) is 7.50. The molecule has 0 amide bonds. The van der Waals surface area contributed by atoms with Crippen molar-refractivity contribution in [1.82, 2.24) is 0 Å². The van der Waals surface area contributed by atoms with Gasteiger partial charge >= 0.3 is 44.5 Å². The van der Waals surface area contributed by atoms with E-state index in [9.17, 15) is 42.0 Å². The summed E-state index contributed by atoms with van der Waals surface area (Å²) < 4.78 is 80.0. The van der Waals surface area contributed by atoms with E-state index >= 15 is 0 Å². The molecule has 34 heavy (non-hydrogen) atoms. The monoisotopic (exact) mass is 542 g/mol. The van der Waals surface area contributed by atoms with E-state index < -0.39 is 81.8 Å². The number of esters is 4. The van der Waals surface area contributed by atoms with Crippen LogP contribution < -0.4 is 0 Å². The van der Waals surface area contributed by atoms with Gasteiger partial charge in [0.1, 0.15) is 12.7 Å². The molecule has 15 nitrogen and oxygen atoms in total. The van der Waals surface area contributed by atoms with E-state index in [-0.39, 0.29) is 0 Å². The van der Waals surface area contributed by atoms with Crippen LogP contribution in [0.4, 0.5) is 8.78 Å². The average Bonchev–Trinajstić information content (AvgIpc) is 2.62. The lowest BCUT2D eigenvalue weighted by Gasteiger charge is -2.44. The van der Waals surface area contributed by atoms with E-state index in [0.717, 1.165) is 27.7 Å². The summed E-state index contributed by atoms with van der Waals surface area (Å²) >= 11 is 0. The number of carbonyl (C=O) groups excluding carboxylic acids is 4. The molecule has 0 radical (unpaired) electrons. The van der Waals surface area contributed by atoms with Gasteiger partial charge in [-0.3, -0.25) is 32.8 Å². The largest absolute Gasteiger partial charge is 0.463 e. The molecule has 0 aromatic rings. The highest BCUT2D eigenvalue weighted by Crippen LogP contribution is 2.73. The van der Waals surface area contributed by atoms with Gasteiger partial charge in [0.05, 0.1) is 0 Å². The molecule has 0 saturated carbocycles. The lowest BCUT2D eigenvalue weighted by Crippen LogP contribution is -2.62. The summed E-state index contributed by atoms with van der Waals surface area (Å²) in [6.45, 7) is 2.67. The molecule has 1 aliphatic rings. The summed E-state index contributed by atoms with van der Waals surface area (Å²) in [6.07, 6.45) is -10.1. The predicted molar refractivity (Wildman–Crippen MR) is 99.9 cm³/mol. The molecule has 1 heterocycles. The van der Waals surface area contributed by atoms with Crippen molar-refractivity contribution < 1.29 is 80.0 Å². The fourth-order valence-electron chi connectivity index (χ4n) is 2.64. The number of halogens is 2. The van der Waals surface area contributed by atoms with E-state index in [1.54, 1.807) is 0 Å². The number of alkyl halides is 2. The smallest absolute Gasteiger partial charge is 0.443 e. The maximum atomic E-state index is 14.0. The fraction of sp³-hybridized carbons (Fsp3) is 0.733. The summed E-state index contributed by atoms with van der Waals surface area (Å²) in [6, 6.07) is 0. The zero-order valence-electron chi connectivity index (χ0n) is 18.0. The molecule has 0 aliphatic carbocycles. The highest BCUT2D eigenvalue weighted by atomic mass is 31.2. The third-order valence-electron chi connectivity index (χ3n) is 3.89. The van der Waals surface area contributed by atoms with Crippen molar-refractivity contribution in [2.75, 3.05) is 6.61 Å². The van der Waals surface area contributed by atoms with Crippen molar-refractivity contribution in [2.24, 2.45) is 0 Å². The zero-order valence-corrected chi connectivity index (χ0v) is 19.8. The third-order valence-corrected chi connectivity index (χ3v) is 7.30. The van der Waals surface area contributed by atoms with Crippen LogP contribution in [0.2, 0.25) is 0 Å². The van der Waals surface area contributed by atoms with Crippen LogP contribution in [0.3, 0.4) is 0 Å². The topological polar surface area (TPSA) is 218 Å². The first-order chi connectivity index (χ1) is 15.3. The van der Waals surface area contributed by atoms with Crippen molar-refractivity contribution in [3.63, 3.8) is 0 Å². The maximum absolute atomic E-state index is 14.0. The summed E-state index contributed by atoms with van der Waals surface area (Å²) in [5, 5.41) is -5.64. The van der Waals surface area contributed by atoms with Gasteiger partial charge in [-0.1, -0.05) is 0 Å². The fourth-order valence-corrected chi connectivity index (χ4v) is 4.68. The second-order valence-electron chi connectivity index (χ2n) is 6.75. The minimum absolute atomic E-state index is 0.788. The molecular formula is C15H22F2O15P2. The van der Waals surface area contributed by atoms with E-state index in [1.807, 2.05) is 0 Å². The van der Waals surface area contributed by atoms with E-state index in [4.69, 9.17) is 33.5 Å². The Hall–Kier alpha value is -2.00. The number of rotatable bonds is 9. The molecule has 196 valence electrons. The molecule has 2 unspecified atom stereocenters. The van der Waals surface area contributed by atoms with Crippen LogP contribution in [-0.4, -0.2) is 81.3 Å². The van der Waals surface area contributed by atoms with Gasteiger partial charge < -0.3 is 38.4 Å². The Morgan fingerprint density at radius 2 is 1.26 bits per heavy atom. The molecular weight excluding hydrogens is 520 g/mol. The van der Waals surface area contributed by atoms with Gasteiger partial charge in [0.15, 0.2) is 18.3 Å². The molecule has 3 N–H and O–H groups in total. The quantitative estimate of drug-likeness (QED) is 0.198. The average molecular weight is 542 g/mol. The number of hydrogen-bond acceptors (Lipinski definition) is 12. The van der Waals surface area contributed by atoms with Crippen LogP contribution in [0.1, 0.15) is 27.7 Å². The Balaban J connectivity index is 3.56. The van der Waals surface area contributed by atoms with Crippen LogP contribution in [0.25, 0.3) is 0 Å². The van der Waals surface area contributed by atoms with Gasteiger partial charge in [0.25, 0.3) is 0 Å². The van der Waals surface area contributed by atoms with Gasteiger partial charge in [-0.2, -0.15) is 8.78 Å². The van der Waals surface area contributed by atoms with Gasteiger partial charge in [-0.25, -0.2) is 0 Å². The van der Waals surface area contributed by atoms with Crippen molar-refractivity contribution in [3.8, 4) is 0 Å². The lowest BCUT2D eigenvalue weighted by molar-refractivity contribution is -0.290. The Kier molecular flexibility index (Phi) is 9.86. The van der Waals surface area contributed by atoms with Crippen molar-refractivity contribution in [2.45, 2.75) is 63.8 Å². The van der Waals surface area contributed by atoms with Gasteiger partial charge in [0.2, 0.25) is 6.29 Å². The SMILES string of the molecule is CC(=O)OC[C@H]1OC(OP(=O)(O)C(F)(F)P(=O)(O)O)[C@H](OC(C)=O)[C@@H](OC(C)=O)[C@@H]1OC(C)=O. The lowest BCUT2D eigenvalue weighted by atomic mass is 9.98. The zero-order chi connectivity index (χ0) is 26.6. The normalized spacial score (nSPS) is 27.1. The Bertz CT molecular complexity index is 902. The highest BCUT2D eigenvalue weighted by Gasteiger charge is 2.67. The number of hydrogen-bond donors (Lipinski definition) is 3. The summed E-state index contributed by atoms with van der Waals surface area (Å²) in [5.74, 6) is -4.21. The molecule has 0 spiro atoms. The molecule has 6 atom stereocenters. The van der Waals surface area contributed by atoms with Crippen LogP contribution in [0.5, 0.6) is 0 Å². The molecule has 0 aromatic carbocycles. The minimum Gasteiger partial charge on any atom is -0.463 e. The molecule has 1 rings (SSSR count). The van der Waals surface area contributed by atoms with Crippen LogP contribution in [0, 0.1) is 0 Å². The van der Waals surface area contributed by atoms with Crippen LogP contribution in [-0.2, 0) is 56.5 Å². The highest BCUT2D eigenvalue weighted by molar-refractivity contribution is 7.72. The predicted octanol–water partition coefficient (Wildman–Crippen LogP) is -0.000500. The van der Waals surface area contributed by atoms with Gasteiger partial charge in [-0.05, 0) is 0 Å². The van der Waals surface area contributed by atoms with Crippen molar-refractivity contribution >= 4 is 39.1 Å². The van der Waals surface area contributed by atoms with Gasteiger partial charge in [-0.15, -0.1) is 0 Å². The Morgan fingerprint density at radius 3 is 1.68 bits per heavy atom. The maximum Gasteiger partial charge on any atom is 0.443 e. The molecule has 19 heteroatoms. The van der Waals surface area contributed by atoms with Gasteiger partial charge in [0, 0.05) is 27.7 Å². The van der Waals surface area contributed by atoms with Crippen molar-refractivity contribution in [1.29, 1.82) is 0 Å². The summed E-state index contributed by atoms with van der Waals surface area (Å²) in [5.41, 5.74) is 0. The Labute approximate surface area is 190 Å². The Morgan fingerprint density at radius 1 is 0.824 bits per heavy atom.